The van der Waals surface area contributed by atoms with Crippen LogP contribution in [0.4, 0.5) is 8.78 Å². The lowest BCUT2D eigenvalue weighted by molar-refractivity contribution is -0.142. The summed E-state index contributed by atoms with van der Waals surface area (Å²) in [6.45, 7) is 4.06. The fraction of sp³-hybridized carbons (Fsp3) is 0.467. The topological polar surface area (TPSA) is 57.6 Å². The number of hydrogen-bond donors (Lipinski definition) is 1. The summed E-state index contributed by atoms with van der Waals surface area (Å²) in [4.78, 5) is 24.8. The van der Waals surface area contributed by atoms with E-state index in [1.807, 2.05) is 13.8 Å². The molecule has 6 heteroatoms. The lowest BCUT2D eigenvalue weighted by atomic mass is 9.93. The molecule has 1 amide bonds. The molecule has 1 aromatic carbocycles. The van der Waals surface area contributed by atoms with E-state index in [-0.39, 0.29) is 23.8 Å². The number of likely N-dealkylation sites (tertiary alicyclic amines) is 1. The molecular weight excluding hydrogens is 280 g/mol. The molecule has 0 spiro atoms. The average molecular weight is 297 g/mol. The molecular formula is C15H17F2NO3. The molecule has 1 N–H and O–H groups in total. The van der Waals surface area contributed by atoms with E-state index < -0.39 is 29.6 Å². The first-order chi connectivity index (χ1) is 9.82. The van der Waals surface area contributed by atoms with Crippen molar-refractivity contribution in [2.75, 3.05) is 6.54 Å². The Bertz CT molecular complexity index is 574. The maximum absolute atomic E-state index is 14.0. The molecule has 2 rings (SSSR count). The van der Waals surface area contributed by atoms with Gasteiger partial charge in [-0.25, -0.2) is 8.78 Å². The van der Waals surface area contributed by atoms with E-state index in [9.17, 15) is 23.5 Å². The molecule has 2 atom stereocenters. The van der Waals surface area contributed by atoms with Gasteiger partial charge in [0.25, 0.3) is 0 Å². The van der Waals surface area contributed by atoms with E-state index in [0.29, 0.717) is 6.54 Å². The van der Waals surface area contributed by atoms with Gasteiger partial charge in [0.2, 0.25) is 5.91 Å². The van der Waals surface area contributed by atoms with Gasteiger partial charge in [0.05, 0.1) is 12.0 Å². The number of carbonyl (C=O) groups excluding carboxylic acids is 1. The van der Waals surface area contributed by atoms with Gasteiger partial charge in [0.1, 0.15) is 0 Å². The number of amides is 1. The number of benzene rings is 1. The summed E-state index contributed by atoms with van der Waals surface area (Å²) in [5.74, 6) is -4.61. The smallest absolute Gasteiger partial charge is 0.309 e. The van der Waals surface area contributed by atoms with Crippen molar-refractivity contribution in [2.45, 2.75) is 26.3 Å². The number of rotatable bonds is 4. The second-order valence-electron chi connectivity index (χ2n) is 5.68. The molecule has 0 aromatic heterocycles. The molecule has 1 aromatic rings. The van der Waals surface area contributed by atoms with Gasteiger partial charge >= 0.3 is 5.97 Å². The zero-order valence-corrected chi connectivity index (χ0v) is 11.8. The Balaban J connectivity index is 2.49. The van der Waals surface area contributed by atoms with Crippen molar-refractivity contribution in [3.63, 3.8) is 0 Å². The van der Waals surface area contributed by atoms with Crippen molar-refractivity contribution in [1.29, 1.82) is 0 Å². The zero-order chi connectivity index (χ0) is 15.7. The quantitative estimate of drug-likeness (QED) is 0.929. The van der Waals surface area contributed by atoms with Crippen molar-refractivity contribution < 1.29 is 23.5 Å². The fourth-order valence-electron chi connectivity index (χ4n) is 2.75. The molecule has 1 fully saturated rings. The Kier molecular flexibility index (Phi) is 4.25. The minimum Gasteiger partial charge on any atom is -0.481 e. The van der Waals surface area contributed by atoms with E-state index >= 15 is 0 Å². The number of nitrogens with zero attached hydrogens (tertiary/aromatic N) is 1. The Hall–Kier alpha value is -1.98. The number of halogens is 2. The van der Waals surface area contributed by atoms with Crippen LogP contribution in [0.25, 0.3) is 0 Å². The summed E-state index contributed by atoms with van der Waals surface area (Å²) in [5.41, 5.74) is -0.0751. The van der Waals surface area contributed by atoms with Gasteiger partial charge < -0.3 is 10.0 Å². The van der Waals surface area contributed by atoms with E-state index in [1.54, 1.807) is 0 Å². The first-order valence-corrected chi connectivity index (χ1v) is 6.79. The van der Waals surface area contributed by atoms with E-state index in [0.717, 1.165) is 6.07 Å². The van der Waals surface area contributed by atoms with Crippen LogP contribution < -0.4 is 0 Å². The summed E-state index contributed by atoms with van der Waals surface area (Å²) >= 11 is 0. The molecule has 1 aliphatic rings. The van der Waals surface area contributed by atoms with Crippen molar-refractivity contribution in [3.8, 4) is 0 Å². The predicted octanol–water partition coefficient (Wildman–Crippen LogP) is 2.60. The molecule has 1 heterocycles. The third-order valence-corrected chi connectivity index (χ3v) is 3.61. The van der Waals surface area contributed by atoms with Crippen molar-refractivity contribution >= 4 is 11.9 Å². The Morgan fingerprint density at radius 1 is 1.43 bits per heavy atom. The number of aliphatic carboxylic acids is 1. The molecule has 0 bridgehead atoms. The van der Waals surface area contributed by atoms with Crippen molar-refractivity contribution in [1.82, 2.24) is 4.90 Å². The van der Waals surface area contributed by atoms with Crippen LogP contribution in [0, 0.1) is 23.5 Å². The van der Waals surface area contributed by atoms with Crippen LogP contribution in [-0.4, -0.2) is 28.4 Å². The third-order valence-electron chi connectivity index (χ3n) is 3.61. The Morgan fingerprint density at radius 3 is 2.67 bits per heavy atom. The summed E-state index contributed by atoms with van der Waals surface area (Å²) in [6.07, 6.45) is -0.192. The highest BCUT2D eigenvalue weighted by atomic mass is 19.2. The molecule has 1 saturated heterocycles. The van der Waals surface area contributed by atoms with Crippen LogP contribution in [0.15, 0.2) is 18.2 Å². The van der Waals surface area contributed by atoms with Gasteiger partial charge in [0.15, 0.2) is 11.6 Å². The van der Waals surface area contributed by atoms with Crippen LogP contribution in [-0.2, 0) is 9.59 Å². The van der Waals surface area contributed by atoms with E-state index in [1.165, 1.54) is 17.0 Å². The minimum atomic E-state index is -1.18. The molecule has 4 nitrogen and oxygen atoms in total. The first kappa shape index (κ1) is 15.4. The molecule has 0 aliphatic carbocycles. The van der Waals surface area contributed by atoms with Gasteiger partial charge in [-0.05, 0) is 12.0 Å². The van der Waals surface area contributed by atoms with Gasteiger partial charge in [-0.2, -0.15) is 0 Å². The van der Waals surface area contributed by atoms with Crippen LogP contribution in [0.1, 0.15) is 31.9 Å². The summed E-state index contributed by atoms with van der Waals surface area (Å²) < 4.78 is 27.4. The second-order valence-corrected chi connectivity index (χ2v) is 5.68. The van der Waals surface area contributed by atoms with Crippen LogP contribution in [0.5, 0.6) is 0 Å². The predicted molar refractivity (Wildman–Crippen MR) is 71.4 cm³/mol. The van der Waals surface area contributed by atoms with Crippen molar-refractivity contribution in [3.05, 3.63) is 35.4 Å². The summed E-state index contributed by atoms with van der Waals surface area (Å²) in [6, 6.07) is 2.67. The van der Waals surface area contributed by atoms with E-state index in [2.05, 4.69) is 0 Å². The Morgan fingerprint density at radius 2 is 2.10 bits per heavy atom. The zero-order valence-electron chi connectivity index (χ0n) is 11.8. The number of carbonyl (C=O) groups is 2. The Labute approximate surface area is 121 Å². The highest BCUT2D eigenvalue weighted by Gasteiger charge is 2.45. The second kappa shape index (κ2) is 5.79. The monoisotopic (exact) mass is 297 g/mol. The first-order valence-electron chi connectivity index (χ1n) is 6.79. The van der Waals surface area contributed by atoms with Crippen LogP contribution >= 0.6 is 0 Å². The lowest BCUT2D eigenvalue weighted by Gasteiger charge is -2.29. The van der Waals surface area contributed by atoms with Gasteiger partial charge in [-0.3, -0.25) is 9.59 Å². The molecule has 21 heavy (non-hydrogen) atoms. The molecule has 1 aliphatic heterocycles. The largest absolute Gasteiger partial charge is 0.481 e. The maximum Gasteiger partial charge on any atom is 0.309 e. The minimum absolute atomic E-state index is 0.0751. The van der Waals surface area contributed by atoms with Gasteiger partial charge in [-0.1, -0.05) is 26.0 Å². The van der Waals surface area contributed by atoms with Gasteiger partial charge in [-0.15, -0.1) is 0 Å². The highest BCUT2D eigenvalue weighted by Crippen LogP contribution is 2.40. The number of hydrogen-bond acceptors (Lipinski definition) is 2. The molecule has 114 valence electrons. The third kappa shape index (κ3) is 2.89. The average Bonchev–Trinajstić information content (AvgIpc) is 2.70. The van der Waals surface area contributed by atoms with Crippen LogP contribution in [0.2, 0.25) is 0 Å². The normalized spacial score (nSPS) is 22.1. The van der Waals surface area contributed by atoms with Crippen molar-refractivity contribution in [2.24, 2.45) is 11.8 Å². The highest BCUT2D eigenvalue weighted by molar-refractivity contribution is 5.87. The maximum atomic E-state index is 14.0. The molecule has 2 unspecified atom stereocenters. The van der Waals surface area contributed by atoms with Crippen LogP contribution in [0.3, 0.4) is 0 Å². The number of carboxylic acids is 1. The fourth-order valence-corrected chi connectivity index (χ4v) is 2.75. The standard InChI is InChI=1S/C15H17F2NO3/c1-8(2)7-18-12(19)6-10(15(20)21)14(18)9-4-3-5-11(16)13(9)17/h3-5,8,10,14H,6-7H2,1-2H3,(H,20,21). The lowest BCUT2D eigenvalue weighted by Crippen LogP contribution is -2.34. The SMILES string of the molecule is CC(C)CN1C(=O)CC(C(=O)O)C1c1cccc(F)c1F. The summed E-state index contributed by atoms with van der Waals surface area (Å²) in [5, 5.41) is 9.28. The number of carboxylic acid groups (broad SMARTS) is 1. The van der Waals surface area contributed by atoms with Gasteiger partial charge in [0, 0.05) is 18.5 Å². The molecule has 0 radical (unpaired) electrons. The molecule has 0 saturated carbocycles. The van der Waals surface area contributed by atoms with E-state index in [4.69, 9.17) is 0 Å². The summed E-state index contributed by atoms with van der Waals surface area (Å²) in [7, 11) is 0.